The molecule has 0 bridgehead atoms. The minimum Gasteiger partial charge on any atom is -0.342 e. The third-order valence-corrected chi connectivity index (χ3v) is 7.64. The monoisotopic (exact) mass is 462 g/mol. The lowest BCUT2D eigenvalue weighted by Crippen LogP contribution is -2.26. The largest absolute Gasteiger partial charge is 0.342 e. The molecule has 1 amide bonds. The Labute approximate surface area is 197 Å². The average Bonchev–Trinajstić information content (AvgIpc) is 3.10. The summed E-state index contributed by atoms with van der Waals surface area (Å²) in [5, 5.41) is 11.0. The summed E-state index contributed by atoms with van der Waals surface area (Å²) in [6.07, 6.45) is 4.19. The van der Waals surface area contributed by atoms with E-state index in [1.165, 1.54) is 6.42 Å². The summed E-state index contributed by atoms with van der Waals surface area (Å²) in [6, 6.07) is 16.3. The first-order valence-electron chi connectivity index (χ1n) is 11.6. The molecule has 1 unspecified atom stereocenters. The predicted octanol–water partition coefficient (Wildman–Crippen LogP) is 5.48. The zero-order valence-corrected chi connectivity index (χ0v) is 20.2. The number of aromatic nitrogens is 1. The van der Waals surface area contributed by atoms with Gasteiger partial charge in [0.05, 0.1) is 16.8 Å². The third kappa shape index (κ3) is 4.40. The minimum absolute atomic E-state index is 0.0447. The second-order valence-corrected chi connectivity index (χ2v) is 9.87. The van der Waals surface area contributed by atoms with E-state index in [2.05, 4.69) is 15.4 Å². The van der Waals surface area contributed by atoms with Crippen molar-refractivity contribution in [2.24, 2.45) is 0 Å². The Morgan fingerprint density at radius 3 is 2.52 bits per heavy atom. The van der Waals surface area contributed by atoms with Gasteiger partial charge in [0.2, 0.25) is 0 Å². The molecule has 7 heteroatoms. The number of nitrogens with one attached hydrogen (secondary N) is 1. The van der Waals surface area contributed by atoms with Gasteiger partial charge in [-0.05, 0) is 68.5 Å². The molecule has 1 aromatic heterocycles. The van der Waals surface area contributed by atoms with Crippen molar-refractivity contribution in [1.82, 2.24) is 9.47 Å². The topological polar surface area (TPSA) is 78.1 Å². The molecule has 3 aromatic rings. The summed E-state index contributed by atoms with van der Waals surface area (Å²) in [4.78, 5) is 14.4. The average molecular weight is 463 g/mol. The molecule has 0 radical (unpaired) electrons. The molecular formula is C26H30N4O2S. The van der Waals surface area contributed by atoms with Crippen LogP contribution in [0.1, 0.15) is 61.5 Å². The molecule has 0 saturated heterocycles. The molecular weight excluding hydrogens is 432 g/mol. The molecule has 33 heavy (non-hydrogen) atoms. The molecule has 1 N–H and O–H groups in total. The molecule has 4 rings (SSSR count). The van der Waals surface area contributed by atoms with Gasteiger partial charge in [0.25, 0.3) is 5.91 Å². The van der Waals surface area contributed by atoms with Gasteiger partial charge in [-0.2, -0.15) is 5.26 Å². The predicted molar refractivity (Wildman–Crippen MR) is 135 cm³/mol. The number of benzene rings is 2. The molecule has 1 saturated carbocycles. The molecule has 0 spiro atoms. The van der Waals surface area contributed by atoms with Gasteiger partial charge in [0, 0.05) is 42.0 Å². The van der Waals surface area contributed by atoms with E-state index in [4.69, 9.17) is 0 Å². The zero-order valence-electron chi connectivity index (χ0n) is 19.4. The third-order valence-electron chi connectivity index (χ3n) is 6.40. The first-order chi connectivity index (χ1) is 16.0. The van der Waals surface area contributed by atoms with Crippen molar-refractivity contribution < 1.29 is 9.00 Å². The molecule has 172 valence electrons. The quantitative estimate of drug-likeness (QED) is 0.481. The fourth-order valence-corrected chi connectivity index (χ4v) is 5.17. The molecule has 0 aliphatic heterocycles. The number of nitriles is 1. The Hall–Kier alpha value is -3.11. The van der Waals surface area contributed by atoms with E-state index in [0.717, 1.165) is 47.1 Å². The van der Waals surface area contributed by atoms with E-state index in [1.807, 2.05) is 56.3 Å². The van der Waals surface area contributed by atoms with Crippen molar-refractivity contribution in [1.29, 1.82) is 5.26 Å². The van der Waals surface area contributed by atoms with Crippen LogP contribution in [-0.2, 0) is 11.0 Å². The number of carbonyl (C=O) groups excluding carboxylic acids is 1. The smallest absolute Gasteiger partial charge is 0.253 e. The summed E-state index contributed by atoms with van der Waals surface area (Å²) >= 11 is 0. The maximum atomic E-state index is 12.8. The summed E-state index contributed by atoms with van der Waals surface area (Å²) in [5.74, 6) is 0.557. The Morgan fingerprint density at radius 2 is 1.94 bits per heavy atom. The van der Waals surface area contributed by atoms with Gasteiger partial charge in [0.15, 0.2) is 0 Å². The van der Waals surface area contributed by atoms with Crippen LogP contribution < -0.4 is 4.72 Å². The second-order valence-electron chi connectivity index (χ2n) is 8.57. The fourth-order valence-electron chi connectivity index (χ4n) is 4.30. The van der Waals surface area contributed by atoms with Gasteiger partial charge in [-0.1, -0.05) is 19.1 Å². The highest BCUT2D eigenvalue weighted by Gasteiger charge is 2.28. The van der Waals surface area contributed by atoms with E-state index in [1.54, 1.807) is 11.9 Å². The summed E-state index contributed by atoms with van der Waals surface area (Å²) in [6.45, 7) is 4.57. The molecule has 1 heterocycles. The van der Waals surface area contributed by atoms with E-state index in [0.29, 0.717) is 29.5 Å². The van der Waals surface area contributed by atoms with Crippen molar-refractivity contribution in [3.63, 3.8) is 0 Å². The van der Waals surface area contributed by atoms with Gasteiger partial charge < -0.3 is 14.2 Å². The van der Waals surface area contributed by atoms with E-state index in [-0.39, 0.29) is 5.91 Å². The van der Waals surface area contributed by atoms with Crippen LogP contribution in [0.4, 0.5) is 5.69 Å². The van der Waals surface area contributed by atoms with Crippen LogP contribution in [0.5, 0.6) is 0 Å². The Kier molecular flexibility index (Phi) is 6.85. The number of fused-ring (bicyclic) bond motifs is 1. The molecule has 1 aliphatic carbocycles. The van der Waals surface area contributed by atoms with Gasteiger partial charge in [-0.25, -0.2) is 4.21 Å². The van der Waals surface area contributed by atoms with Crippen LogP contribution in [0.2, 0.25) is 0 Å². The van der Waals surface area contributed by atoms with Gasteiger partial charge in [-0.15, -0.1) is 0 Å². The van der Waals surface area contributed by atoms with Crippen molar-refractivity contribution in [2.75, 3.05) is 24.1 Å². The summed E-state index contributed by atoms with van der Waals surface area (Å²) in [7, 11) is 0.684. The van der Waals surface area contributed by atoms with Gasteiger partial charge in [-0.3, -0.25) is 4.79 Å². The molecule has 1 fully saturated rings. The Morgan fingerprint density at radius 1 is 1.21 bits per heavy atom. The zero-order chi connectivity index (χ0) is 23.5. The SMILES string of the molecule is CCCS(=O)Nc1ccc(-c2c(C#N)c3cc(C(=O)N(C)CC)ccc3n2C2CCC2)cc1. The highest BCUT2D eigenvalue weighted by Crippen LogP contribution is 2.42. The highest BCUT2D eigenvalue weighted by molar-refractivity contribution is 7.86. The Bertz CT molecular complexity index is 1240. The van der Waals surface area contributed by atoms with E-state index in [9.17, 15) is 14.3 Å². The molecule has 1 aliphatic rings. The number of nitrogens with zero attached hydrogens (tertiary/aromatic N) is 3. The van der Waals surface area contributed by atoms with Gasteiger partial charge >= 0.3 is 0 Å². The number of hydrogen-bond acceptors (Lipinski definition) is 3. The lowest BCUT2D eigenvalue weighted by molar-refractivity contribution is 0.0802. The van der Waals surface area contributed by atoms with Crippen LogP contribution in [0, 0.1) is 11.3 Å². The number of carbonyl (C=O) groups is 1. The summed E-state index contributed by atoms with van der Waals surface area (Å²) < 4.78 is 17.4. The second kappa shape index (κ2) is 9.80. The highest BCUT2D eigenvalue weighted by atomic mass is 32.2. The first-order valence-corrected chi connectivity index (χ1v) is 12.9. The standard InChI is InChI=1S/C26H30N4O2S/c1-4-15-33(32)28-20-12-9-18(10-13-20)25-23(17-27)22-16-19(26(31)29(3)5-2)11-14-24(22)30(25)21-7-6-8-21/h9-14,16,21,28H,4-8,15H2,1-3H3. The first kappa shape index (κ1) is 23.1. The minimum atomic E-state index is -1.10. The fraction of sp³-hybridized carbons (Fsp3) is 0.385. The van der Waals surface area contributed by atoms with Crippen LogP contribution >= 0.6 is 0 Å². The van der Waals surface area contributed by atoms with Gasteiger partial charge in [0.1, 0.15) is 17.1 Å². The maximum Gasteiger partial charge on any atom is 0.253 e. The van der Waals surface area contributed by atoms with Crippen molar-refractivity contribution in [3.8, 4) is 17.3 Å². The molecule has 6 nitrogen and oxygen atoms in total. The number of amides is 1. The molecule has 1 atom stereocenters. The number of rotatable bonds is 8. The normalized spacial score (nSPS) is 14.5. The van der Waals surface area contributed by atoms with Crippen molar-refractivity contribution in [2.45, 2.75) is 45.6 Å². The lowest BCUT2D eigenvalue weighted by Gasteiger charge is -2.30. The van der Waals surface area contributed by atoms with Crippen molar-refractivity contribution in [3.05, 3.63) is 53.6 Å². The van der Waals surface area contributed by atoms with E-state index < -0.39 is 11.0 Å². The van der Waals surface area contributed by atoms with Crippen LogP contribution in [0.25, 0.3) is 22.2 Å². The molecule has 2 aromatic carbocycles. The lowest BCUT2D eigenvalue weighted by atomic mass is 9.92. The summed E-state index contributed by atoms with van der Waals surface area (Å²) in [5.41, 5.74) is 4.82. The van der Waals surface area contributed by atoms with Crippen LogP contribution in [0.15, 0.2) is 42.5 Å². The Balaban J connectivity index is 1.82. The van der Waals surface area contributed by atoms with Crippen molar-refractivity contribution >= 4 is 33.5 Å². The maximum absolute atomic E-state index is 12.8. The number of anilines is 1. The van der Waals surface area contributed by atoms with E-state index >= 15 is 0 Å². The number of hydrogen-bond donors (Lipinski definition) is 1. The van der Waals surface area contributed by atoms with Crippen LogP contribution in [0.3, 0.4) is 0 Å². The van der Waals surface area contributed by atoms with Crippen LogP contribution in [-0.4, -0.2) is 38.9 Å².